The third kappa shape index (κ3) is 3.26. The number of rotatable bonds is 4. The summed E-state index contributed by atoms with van der Waals surface area (Å²) in [6, 6.07) is 12.6. The molecule has 6 atom stereocenters. The zero-order valence-electron chi connectivity index (χ0n) is 17.2. The highest BCUT2D eigenvalue weighted by atomic mass is 79.9. The summed E-state index contributed by atoms with van der Waals surface area (Å²) in [4.78, 5) is 38.2. The largest absolute Gasteiger partial charge is 0.461 e. The molecule has 6 nitrogen and oxygen atoms in total. The molecule has 7 heteroatoms. The van der Waals surface area contributed by atoms with Gasteiger partial charge in [-0.1, -0.05) is 34.1 Å². The summed E-state index contributed by atoms with van der Waals surface area (Å²) >= 11 is 3.63. The predicted octanol–water partition coefficient (Wildman–Crippen LogP) is 4.07. The fourth-order valence-corrected chi connectivity index (χ4v) is 6.42. The molecule has 2 bridgehead atoms. The number of halogens is 1. The maximum atomic E-state index is 13.1. The summed E-state index contributed by atoms with van der Waals surface area (Å²) in [5.74, 6) is -1.26. The summed E-state index contributed by atoms with van der Waals surface area (Å²) in [6.07, 6.45) is 0.719. The Labute approximate surface area is 188 Å². The molecule has 0 unspecified atom stereocenters. The summed E-state index contributed by atoms with van der Waals surface area (Å²) < 4.78 is 5.49. The van der Waals surface area contributed by atoms with Crippen molar-refractivity contribution in [3.05, 3.63) is 59.2 Å². The Bertz CT molecular complexity index is 1100. The van der Waals surface area contributed by atoms with Crippen LogP contribution >= 0.6 is 15.9 Å². The Morgan fingerprint density at radius 2 is 1.84 bits per heavy atom. The van der Waals surface area contributed by atoms with Gasteiger partial charge in [-0.2, -0.15) is 0 Å². The maximum Gasteiger partial charge on any atom is 0.310 e. The number of carbonyl (C=O) groups excluding carboxylic acids is 3. The van der Waals surface area contributed by atoms with Crippen molar-refractivity contribution in [1.29, 1.82) is 0 Å². The van der Waals surface area contributed by atoms with Gasteiger partial charge in [0, 0.05) is 22.9 Å². The van der Waals surface area contributed by atoms with Crippen molar-refractivity contribution in [3.63, 3.8) is 0 Å². The highest BCUT2D eigenvalue weighted by Crippen LogP contribution is 2.60. The molecular weight excluding hydrogens is 460 g/mol. The van der Waals surface area contributed by atoms with E-state index in [4.69, 9.17) is 4.74 Å². The fourth-order valence-electron chi connectivity index (χ4n) is 5.38. The number of amides is 2. The topological polar surface area (TPSA) is 84.5 Å². The average molecular weight is 483 g/mol. The number of hydrogen-bond acceptors (Lipinski definition) is 4. The van der Waals surface area contributed by atoms with Gasteiger partial charge in [-0.05, 0) is 61.6 Å². The first-order chi connectivity index (χ1) is 14.8. The van der Waals surface area contributed by atoms with Gasteiger partial charge in [-0.3, -0.25) is 14.4 Å². The van der Waals surface area contributed by atoms with Crippen LogP contribution in [0.2, 0.25) is 0 Å². The minimum Gasteiger partial charge on any atom is -0.461 e. The number of hydrogen-bond donors (Lipinski definition) is 2. The summed E-state index contributed by atoms with van der Waals surface area (Å²) in [7, 11) is 0. The van der Waals surface area contributed by atoms with Crippen molar-refractivity contribution in [2.45, 2.75) is 31.2 Å². The third-order valence-electron chi connectivity index (χ3n) is 7.07. The summed E-state index contributed by atoms with van der Waals surface area (Å²) in [5, 5.41) is 5.86. The molecule has 2 amide bonds. The Balaban J connectivity index is 1.32. The Kier molecular flexibility index (Phi) is 4.88. The van der Waals surface area contributed by atoms with Gasteiger partial charge in [0.2, 0.25) is 5.91 Å². The molecule has 1 saturated heterocycles. The molecule has 5 rings (SSSR count). The highest BCUT2D eigenvalue weighted by molar-refractivity contribution is 9.09. The predicted molar refractivity (Wildman–Crippen MR) is 120 cm³/mol. The zero-order valence-corrected chi connectivity index (χ0v) is 18.8. The number of aryl methyl sites for hydroxylation is 1. The molecule has 2 aromatic carbocycles. The molecule has 31 heavy (non-hydrogen) atoms. The van der Waals surface area contributed by atoms with Crippen molar-refractivity contribution < 1.29 is 19.1 Å². The normalized spacial score (nSPS) is 30.2. The first kappa shape index (κ1) is 20.2. The second kappa shape index (κ2) is 7.48. The van der Waals surface area contributed by atoms with E-state index in [2.05, 4.69) is 26.6 Å². The van der Waals surface area contributed by atoms with Crippen LogP contribution < -0.4 is 10.6 Å². The minimum absolute atomic E-state index is 0.0191. The molecular formula is C24H23BrN2O4. The third-order valence-corrected chi connectivity index (χ3v) is 8.27. The number of esters is 1. The van der Waals surface area contributed by atoms with Crippen LogP contribution in [0.25, 0.3) is 0 Å². The lowest BCUT2D eigenvalue weighted by atomic mass is 9.79. The van der Waals surface area contributed by atoms with E-state index in [-0.39, 0.29) is 46.5 Å². The van der Waals surface area contributed by atoms with Crippen LogP contribution in [-0.2, 0) is 14.3 Å². The second-order valence-corrected chi connectivity index (χ2v) is 9.79. The first-order valence-corrected chi connectivity index (χ1v) is 11.4. The van der Waals surface area contributed by atoms with Gasteiger partial charge in [0.1, 0.15) is 6.10 Å². The Morgan fingerprint density at radius 3 is 2.65 bits per heavy atom. The number of anilines is 2. The first-order valence-electron chi connectivity index (χ1n) is 10.5. The Hall–Kier alpha value is -2.67. The van der Waals surface area contributed by atoms with Gasteiger partial charge in [0.05, 0.1) is 16.7 Å². The molecule has 3 aliphatic rings. The number of benzene rings is 2. The quantitative estimate of drug-likeness (QED) is 0.508. The van der Waals surface area contributed by atoms with E-state index in [1.54, 1.807) is 24.3 Å². The van der Waals surface area contributed by atoms with E-state index in [9.17, 15) is 14.4 Å². The van der Waals surface area contributed by atoms with Crippen LogP contribution in [0.5, 0.6) is 0 Å². The lowest BCUT2D eigenvalue weighted by Crippen LogP contribution is -2.40. The number of alkyl halides is 1. The lowest BCUT2D eigenvalue weighted by Gasteiger charge is -2.27. The number of carbonyl (C=O) groups is 3. The van der Waals surface area contributed by atoms with Crippen LogP contribution in [0, 0.1) is 37.5 Å². The Morgan fingerprint density at radius 1 is 1.06 bits per heavy atom. The summed E-state index contributed by atoms with van der Waals surface area (Å²) in [6.45, 7) is 3.96. The monoisotopic (exact) mass is 482 g/mol. The van der Waals surface area contributed by atoms with E-state index in [1.807, 2.05) is 32.0 Å². The van der Waals surface area contributed by atoms with E-state index in [0.29, 0.717) is 11.3 Å². The number of ether oxygens (including phenoxy) is 1. The van der Waals surface area contributed by atoms with E-state index >= 15 is 0 Å². The molecule has 3 fully saturated rings. The SMILES string of the molecule is Cc1cccc(NC(=O)c2cccc(NC(=O)[C@@H]3[C@H]4C[C@H]5[C@H](OC(=O)[C@H]53)[C@@H]4Br)c2)c1C. The molecule has 1 aliphatic heterocycles. The van der Waals surface area contributed by atoms with Crippen LogP contribution in [0.15, 0.2) is 42.5 Å². The van der Waals surface area contributed by atoms with E-state index in [1.165, 1.54) is 0 Å². The standard InChI is InChI=1S/C24H23BrN2O4/c1-11-5-3-8-17(12(11)2)27-22(28)13-6-4-7-14(9-13)26-23(29)18-15-10-16-19(18)24(30)31-21(16)20(15)25/h3-9,15-16,18-21H,10H2,1-2H3,(H,26,29)(H,27,28)/t15-,16-,18-,19-,20-,21+/m1/s1. The van der Waals surface area contributed by atoms with E-state index < -0.39 is 5.92 Å². The van der Waals surface area contributed by atoms with Gasteiger partial charge in [-0.15, -0.1) is 0 Å². The number of nitrogens with one attached hydrogen (secondary N) is 2. The molecule has 0 aromatic heterocycles. The molecule has 2 aliphatic carbocycles. The van der Waals surface area contributed by atoms with Crippen molar-refractivity contribution in [2.75, 3.05) is 10.6 Å². The maximum absolute atomic E-state index is 13.1. The smallest absolute Gasteiger partial charge is 0.310 e. The van der Waals surface area contributed by atoms with Crippen molar-refractivity contribution in [3.8, 4) is 0 Å². The van der Waals surface area contributed by atoms with Crippen LogP contribution in [-0.4, -0.2) is 28.7 Å². The van der Waals surface area contributed by atoms with Crippen molar-refractivity contribution in [2.24, 2.45) is 23.7 Å². The molecule has 0 radical (unpaired) electrons. The zero-order chi connectivity index (χ0) is 21.9. The molecule has 2 saturated carbocycles. The highest BCUT2D eigenvalue weighted by Gasteiger charge is 2.67. The molecule has 1 heterocycles. The fraction of sp³-hybridized carbons (Fsp3) is 0.375. The van der Waals surface area contributed by atoms with Gasteiger partial charge >= 0.3 is 5.97 Å². The number of fused-ring (bicyclic) bond motifs is 1. The summed E-state index contributed by atoms with van der Waals surface area (Å²) in [5.41, 5.74) is 3.87. The van der Waals surface area contributed by atoms with Gasteiger partial charge in [-0.25, -0.2) is 0 Å². The van der Waals surface area contributed by atoms with Gasteiger partial charge < -0.3 is 15.4 Å². The molecule has 2 aromatic rings. The van der Waals surface area contributed by atoms with Crippen molar-refractivity contribution in [1.82, 2.24) is 0 Å². The lowest BCUT2D eigenvalue weighted by molar-refractivity contribution is -0.145. The second-order valence-electron chi connectivity index (χ2n) is 8.73. The van der Waals surface area contributed by atoms with Crippen molar-refractivity contribution >= 4 is 45.1 Å². The van der Waals surface area contributed by atoms with Crippen LogP contribution in [0.3, 0.4) is 0 Å². The minimum atomic E-state index is -0.409. The van der Waals surface area contributed by atoms with E-state index in [0.717, 1.165) is 23.2 Å². The van der Waals surface area contributed by atoms with Gasteiger partial charge in [0.25, 0.3) is 5.91 Å². The van der Waals surface area contributed by atoms with Gasteiger partial charge in [0.15, 0.2) is 0 Å². The van der Waals surface area contributed by atoms with Crippen LogP contribution in [0.1, 0.15) is 27.9 Å². The molecule has 0 spiro atoms. The average Bonchev–Trinajstić information content (AvgIpc) is 3.36. The molecule has 160 valence electrons. The molecule has 2 N–H and O–H groups in total. The van der Waals surface area contributed by atoms with Crippen LogP contribution in [0.4, 0.5) is 11.4 Å².